The summed E-state index contributed by atoms with van der Waals surface area (Å²) in [4.78, 5) is 8.77. The molecule has 8 heteroatoms. The molecule has 0 amide bonds. The Hall–Kier alpha value is -4.20. The van der Waals surface area contributed by atoms with Gasteiger partial charge < -0.3 is 0 Å². The molecule has 1 aromatic carbocycles. The van der Waals surface area contributed by atoms with Crippen LogP contribution in [-0.4, -0.2) is 40.8 Å². The number of rotatable bonds is 6. The van der Waals surface area contributed by atoms with Crippen molar-refractivity contribution < 1.29 is 0 Å². The number of hydrogen-bond donors (Lipinski definition) is 2. The molecule has 4 aromatic heterocycles. The standard InChI is InChI=1S/C22H18N8/c1-3-10-23-17(8-1)21-19(25-29-27-21)13-15-6-5-7-16(12-15)14-20-22(28-30-26-20)18-9-2-4-11-24-18/h1-12H,13-14H2,(H,25,27,29)(H,26,28,30). The second kappa shape index (κ2) is 8.04. The Bertz CT molecular complexity index is 1150. The van der Waals surface area contributed by atoms with Crippen LogP contribution in [0.4, 0.5) is 0 Å². The van der Waals surface area contributed by atoms with Gasteiger partial charge in [0.05, 0.1) is 22.8 Å². The molecule has 0 spiro atoms. The monoisotopic (exact) mass is 394 g/mol. The highest BCUT2D eigenvalue weighted by molar-refractivity contribution is 5.58. The van der Waals surface area contributed by atoms with Gasteiger partial charge in [-0.1, -0.05) is 46.8 Å². The smallest absolute Gasteiger partial charge is 0.134 e. The van der Waals surface area contributed by atoms with Crippen LogP contribution in [0.1, 0.15) is 22.5 Å². The van der Waals surface area contributed by atoms with Crippen molar-refractivity contribution in [2.24, 2.45) is 0 Å². The minimum atomic E-state index is 0.682. The van der Waals surface area contributed by atoms with E-state index in [1.807, 2.05) is 36.4 Å². The minimum Gasteiger partial charge on any atom is -0.261 e. The van der Waals surface area contributed by atoms with Crippen LogP contribution in [0, 0.1) is 0 Å². The van der Waals surface area contributed by atoms with Crippen LogP contribution in [-0.2, 0) is 12.8 Å². The van der Waals surface area contributed by atoms with Crippen molar-refractivity contribution in [1.29, 1.82) is 0 Å². The maximum atomic E-state index is 4.38. The lowest BCUT2D eigenvalue weighted by Gasteiger charge is -2.06. The van der Waals surface area contributed by atoms with Gasteiger partial charge in [-0.15, -0.1) is 10.2 Å². The average molecular weight is 394 g/mol. The van der Waals surface area contributed by atoms with E-state index >= 15 is 0 Å². The van der Waals surface area contributed by atoms with E-state index < -0.39 is 0 Å². The quantitative estimate of drug-likeness (QED) is 0.458. The average Bonchev–Trinajstić information content (AvgIpc) is 3.45. The summed E-state index contributed by atoms with van der Waals surface area (Å²) in [5, 5.41) is 22.4. The van der Waals surface area contributed by atoms with Gasteiger partial charge in [-0.3, -0.25) is 20.2 Å². The van der Waals surface area contributed by atoms with Crippen molar-refractivity contribution in [2.45, 2.75) is 12.8 Å². The second-order valence-electron chi connectivity index (χ2n) is 6.88. The van der Waals surface area contributed by atoms with E-state index in [0.29, 0.717) is 12.8 Å². The van der Waals surface area contributed by atoms with Crippen LogP contribution in [0.15, 0.2) is 73.1 Å². The third kappa shape index (κ3) is 3.70. The normalized spacial score (nSPS) is 10.9. The fourth-order valence-corrected chi connectivity index (χ4v) is 3.42. The number of aromatic amines is 2. The molecule has 5 rings (SSSR count). The molecule has 0 saturated carbocycles. The fraction of sp³-hybridized carbons (Fsp3) is 0.0909. The third-order valence-electron chi connectivity index (χ3n) is 4.81. The van der Waals surface area contributed by atoms with E-state index in [2.05, 4.69) is 65.1 Å². The number of hydrogen-bond acceptors (Lipinski definition) is 6. The first kappa shape index (κ1) is 17.9. The summed E-state index contributed by atoms with van der Waals surface area (Å²) >= 11 is 0. The predicted molar refractivity (Wildman–Crippen MR) is 111 cm³/mol. The summed E-state index contributed by atoms with van der Waals surface area (Å²) in [6.45, 7) is 0. The van der Waals surface area contributed by atoms with Crippen molar-refractivity contribution in [3.05, 3.63) is 95.6 Å². The van der Waals surface area contributed by atoms with E-state index in [4.69, 9.17) is 0 Å². The highest BCUT2D eigenvalue weighted by Crippen LogP contribution is 2.22. The number of benzene rings is 1. The molecule has 0 aliphatic heterocycles. The molecule has 0 radical (unpaired) electrons. The van der Waals surface area contributed by atoms with E-state index in [0.717, 1.165) is 45.3 Å². The maximum absolute atomic E-state index is 4.38. The molecule has 4 heterocycles. The molecule has 0 bridgehead atoms. The molecule has 0 aliphatic carbocycles. The fourth-order valence-electron chi connectivity index (χ4n) is 3.42. The van der Waals surface area contributed by atoms with Gasteiger partial charge in [0.1, 0.15) is 11.4 Å². The SMILES string of the molecule is c1ccc(-c2nn[nH]c2Cc2cccc(Cc3[nH]nnc3-c3ccccn3)c2)nc1. The van der Waals surface area contributed by atoms with Gasteiger partial charge in [0, 0.05) is 25.2 Å². The highest BCUT2D eigenvalue weighted by Gasteiger charge is 2.14. The summed E-state index contributed by atoms with van der Waals surface area (Å²) in [6, 6.07) is 19.9. The Morgan fingerprint density at radius 3 is 1.60 bits per heavy atom. The number of pyridine rings is 2. The van der Waals surface area contributed by atoms with Crippen molar-refractivity contribution in [3.8, 4) is 22.8 Å². The van der Waals surface area contributed by atoms with Crippen LogP contribution < -0.4 is 0 Å². The molecule has 5 aromatic rings. The summed E-state index contributed by atoms with van der Waals surface area (Å²) in [6.07, 6.45) is 4.88. The molecule has 0 saturated heterocycles. The van der Waals surface area contributed by atoms with Gasteiger partial charge in [-0.05, 0) is 35.4 Å². The summed E-state index contributed by atoms with van der Waals surface area (Å²) in [5.41, 5.74) is 7.34. The van der Waals surface area contributed by atoms with E-state index in [-0.39, 0.29) is 0 Å². The second-order valence-corrected chi connectivity index (χ2v) is 6.88. The lowest BCUT2D eigenvalue weighted by molar-refractivity contribution is 0.911. The molecular weight excluding hydrogens is 376 g/mol. The minimum absolute atomic E-state index is 0.682. The predicted octanol–water partition coefficient (Wildman–Crippen LogP) is 3.23. The molecule has 30 heavy (non-hydrogen) atoms. The van der Waals surface area contributed by atoms with E-state index in [1.165, 1.54) is 0 Å². The van der Waals surface area contributed by atoms with Crippen LogP contribution in [0.25, 0.3) is 22.8 Å². The Morgan fingerprint density at radius 2 is 1.13 bits per heavy atom. The zero-order valence-corrected chi connectivity index (χ0v) is 16.0. The molecule has 0 fully saturated rings. The van der Waals surface area contributed by atoms with Gasteiger partial charge in [0.15, 0.2) is 0 Å². The Morgan fingerprint density at radius 1 is 0.600 bits per heavy atom. The highest BCUT2D eigenvalue weighted by atomic mass is 15.3. The zero-order chi connectivity index (χ0) is 20.2. The Kier molecular flexibility index (Phi) is 4.79. The third-order valence-corrected chi connectivity index (χ3v) is 4.81. The van der Waals surface area contributed by atoms with Crippen molar-refractivity contribution in [2.75, 3.05) is 0 Å². The summed E-state index contributed by atoms with van der Waals surface area (Å²) in [7, 11) is 0. The van der Waals surface area contributed by atoms with E-state index in [1.54, 1.807) is 12.4 Å². The topological polar surface area (TPSA) is 109 Å². The Labute approximate surface area is 172 Å². The molecule has 2 N–H and O–H groups in total. The van der Waals surface area contributed by atoms with Gasteiger partial charge in [-0.25, -0.2) is 0 Å². The lowest BCUT2D eigenvalue weighted by Crippen LogP contribution is -1.97. The zero-order valence-electron chi connectivity index (χ0n) is 16.0. The molecule has 8 nitrogen and oxygen atoms in total. The molecule has 146 valence electrons. The Balaban J connectivity index is 1.38. The number of nitrogens with one attached hydrogen (secondary N) is 2. The molecule has 0 aliphatic rings. The van der Waals surface area contributed by atoms with Crippen molar-refractivity contribution in [1.82, 2.24) is 40.8 Å². The van der Waals surface area contributed by atoms with Crippen LogP contribution >= 0.6 is 0 Å². The van der Waals surface area contributed by atoms with Crippen molar-refractivity contribution in [3.63, 3.8) is 0 Å². The van der Waals surface area contributed by atoms with Crippen molar-refractivity contribution >= 4 is 0 Å². The maximum Gasteiger partial charge on any atom is 0.134 e. The van der Waals surface area contributed by atoms with Crippen LogP contribution in [0.2, 0.25) is 0 Å². The summed E-state index contributed by atoms with van der Waals surface area (Å²) < 4.78 is 0. The van der Waals surface area contributed by atoms with Gasteiger partial charge in [0.25, 0.3) is 0 Å². The van der Waals surface area contributed by atoms with Gasteiger partial charge >= 0.3 is 0 Å². The first-order valence-corrected chi connectivity index (χ1v) is 9.57. The van der Waals surface area contributed by atoms with Crippen LogP contribution in [0.3, 0.4) is 0 Å². The number of H-pyrrole nitrogens is 2. The summed E-state index contributed by atoms with van der Waals surface area (Å²) in [5.74, 6) is 0. The molecule has 0 unspecified atom stereocenters. The largest absolute Gasteiger partial charge is 0.261 e. The number of aromatic nitrogens is 8. The van der Waals surface area contributed by atoms with Gasteiger partial charge in [-0.2, -0.15) is 0 Å². The van der Waals surface area contributed by atoms with Gasteiger partial charge in [0.2, 0.25) is 0 Å². The first-order valence-electron chi connectivity index (χ1n) is 9.57. The molecule has 0 atom stereocenters. The van der Waals surface area contributed by atoms with Crippen LogP contribution in [0.5, 0.6) is 0 Å². The molecular formula is C22H18N8. The van der Waals surface area contributed by atoms with E-state index in [9.17, 15) is 0 Å². The first-order chi connectivity index (χ1) is 14.9. The lowest BCUT2D eigenvalue weighted by atomic mass is 10.0. The number of nitrogens with zero attached hydrogens (tertiary/aromatic N) is 6.